The zero-order valence-electron chi connectivity index (χ0n) is 14.6. The monoisotopic (exact) mass is 329 g/mol. The van der Waals surface area contributed by atoms with E-state index >= 15 is 0 Å². The number of hydrogen-bond acceptors (Lipinski definition) is 3. The molecular weight excluding hydrogens is 302 g/mol. The topological polar surface area (TPSA) is 55.4 Å². The number of ether oxygens (including phenoxy) is 1. The van der Waals surface area contributed by atoms with Gasteiger partial charge in [-0.3, -0.25) is 4.79 Å². The molecule has 1 fully saturated rings. The lowest BCUT2D eigenvalue weighted by Gasteiger charge is -2.22. The fraction of sp³-hybridized carbons (Fsp3) is 0.500. The summed E-state index contributed by atoms with van der Waals surface area (Å²) in [5, 5.41) is 2.90. The highest BCUT2D eigenvalue weighted by molar-refractivity contribution is 5.90. The van der Waals surface area contributed by atoms with Gasteiger partial charge < -0.3 is 10.1 Å². The summed E-state index contributed by atoms with van der Waals surface area (Å²) >= 11 is 0. The van der Waals surface area contributed by atoms with Gasteiger partial charge in [0.25, 0.3) is 5.91 Å². The summed E-state index contributed by atoms with van der Waals surface area (Å²) in [6.45, 7) is 4.29. The second-order valence-corrected chi connectivity index (χ2v) is 6.57. The van der Waals surface area contributed by atoms with Gasteiger partial charge in [0.2, 0.25) is 0 Å². The van der Waals surface area contributed by atoms with Crippen molar-refractivity contribution in [2.24, 2.45) is 5.92 Å². The zero-order valence-corrected chi connectivity index (χ0v) is 14.6. The van der Waals surface area contributed by atoms with Crippen molar-refractivity contribution in [3.05, 3.63) is 41.5 Å². The lowest BCUT2D eigenvalue weighted by molar-refractivity contribution is -0.150. The SMILES string of the molecule is Cc1ccc(/C=C/C(=O)OC(C)C(=O)NCC2CCCCC2)cc1. The average molecular weight is 329 g/mol. The van der Waals surface area contributed by atoms with Crippen LogP contribution in [0.1, 0.15) is 50.2 Å². The van der Waals surface area contributed by atoms with E-state index in [2.05, 4.69) is 5.32 Å². The summed E-state index contributed by atoms with van der Waals surface area (Å²) in [6, 6.07) is 7.82. The van der Waals surface area contributed by atoms with Gasteiger partial charge in [-0.05, 0) is 44.2 Å². The largest absolute Gasteiger partial charge is 0.449 e. The number of hydrogen-bond donors (Lipinski definition) is 1. The summed E-state index contributed by atoms with van der Waals surface area (Å²) < 4.78 is 5.16. The highest BCUT2D eigenvalue weighted by Gasteiger charge is 2.19. The van der Waals surface area contributed by atoms with Gasteiger partial charge in [0.15, 0.2) is 6.10 Å². The Morgan fingerprint density at radius 2 is 1.88 bits per heavy atom. The molecule has 1 aromatic rings. The van der Waals surface area contributed by atoms with Gasteiger partial charge in [-0.1, -0.05) is 49.1 Å². The van der Waals surface area contributed by atoms with Crippen LogP contribution in [0.2, 0.25) is 0 Å². The Balaban J connectivity index is 1.73. The van der Waals surface area contributed by atoms with Crippen LogP contribution in [0.25, 0.3) is 6.08 Å². The van der Waals surface area contributed by atoms with E-state index in [9.17, 15) is 9.59 Å². The standard InChI is InChI=1S/C20H27NO3/c1-15-8-10-17(11-9-15)12-13-19(22)24-16(2)20(23)21-14-18-6-4-3-5-7-18/h8-13,16,18H,3-7,14H2,1-2H3,(H,21,23)/b13-12+. The second-order valence-electron chi connectivity index (χ2n) is 6.57. The Morgan fingerprint density at radius 3 is 2.54 bits per heavy atom. The van der Waals surface area contributed by atoms with Gasteiger partial charge in [0.05, 0.1) is 0 Å². The van der Waals surface area contributed by atoms with Crippen molar-refractivity contribution in [2.75, 3.05) is 6.54 Å². The minimum absolute atomic E-state index is 0.224. The summed E-state index contributed by atoms with van der Waals surface area (Å²) in [7, 11) is 0. The maximum atomic E-state index is 12.0. The molecule has 24 heavy (non-hydrogen) atoms. The second kappa shape index (κ2) is 9.26. The van der Waals surface area contributed by atoms with Crippen molar-refractivity contribution in [1.29, 1.82) is 0 Å². The first-order valence-electron chi connectivity index (χ1n) is 8.77. The van der Waals surface area contributed by atoms with E-state index in [-0.39, 0.29) is 5.91 Å². The van der Waals surface area contributed by atoms with Crippen molar-refractivity contribution < 1.29 is 14.3 Å². The molecule has 4 heteroatoms. The summed E-state index contributed by atoms with van der Waals surface area (Å²) in [5.74, 6) is -0.166. The first-order valence-corrected chi connectivity index (χ1v) is 8.77. The quantitative estimate of drug-likeness (QED) is 0.640. The number of carbonyl (C=O) groups is 2. The van der Waals surface area contributed by atoms with Gasteiger partial charge in [0, 0.05) is 12.6 Å². The number of rotatable bonds is 6. The first kappa shape index (κ1) is 18.2. The molecule has 1 N–H and O–H groups in total. The molecule has 1 unspecified atom stereocenters. The number of nitrogens with one attached hydrogen (secondary N) is 1. The van der Waals surface area contributed by atoms with Gasteiger partial charge in [-0.2, -0.15) is 0 Å². The highest BCUT2D eigenvalue weighted by Crippen LogP contribution is 2.22. The fourth-order valence-electron chi connectivity index (χ4n) is 2.89. The van der Waals surface area contributed by atoms with E-state index in [0.717, 1.165) is 11.1 Å². The molecule has 2 rings (SSSR count). The van der Waals surface area contributed by atoms with Crippen molar-refractivity contribution in [2.45, 2.75) is 52.1 Å². The predicted molar refractivity (Wildman–Crippen MR) is 95.4 cm³/mol. The first-order chi connectivity index (χ1) is 11.5. The van der Waals surface area contributed by atoms with Gasteiger partial charge >= 0.3 is 5.97 Å². The Bertz CT molecular complexity index is 571. The van der Waals surface area contributed by atoms with E-state index in [1.54, 1.807) is 13.0 Å². The summed E-state index contributed by atoms with van der Waals surface area (Å²) in [6.07, 6.45) is 8.41. The number of esters is 1. The number of aryl methyl sites for hydroxylation is 1. The molecule has 0 bridgehead atoms. The average Bonchev–Trinajstić information content (AvgIpc) is 2.60. The molecule has 130 valence electrons. The maximum Gasteiger partial charge on any atom is 0.331 e. The minimum Gasteiger partial charge on any atom is -0.449 e. The molecule has 4 nitrogen and oxygen atoms in total. The fourth-order valence-corrected chi connectivity index (χ4v) is 2.89. The number of carbonyl (C=O) groups excluding carboxylic acids is 2. The van der Waals surface area contributed by atoms with E-state index in [0.29, 0.717) is 12.5 Å². The molecule has 0 radical (unpaired) electrons. The smallest absolute Gasteiger partial charge is 0.331 e. The predicted octanol–water partition coefficient (Wildman–Crippen LogP) is 3.64. The van der Waals surface area contributed by atoms with Crippen LogP contribution in [0.15, 0.2) is 30.3 Å². The Morgan fingerprint density at radius 1 is 1.21 bits per heavy atom. The van der Waals surface area contributed by atoms with Gasteiger partial charge in [0.1, 0.15) is 0 Å². The summed E-state index contributed by atoms with van der Waals surface area (Å²) in [4.78, 5) is 23.8. The Kier molecular flexibility index (Phi) is 7.04. The minimum atomic E-state index is -0.774. The highest BCUT2D eigenvalue weighted by atomic mass is 16.5. The van der Waals surface area contributed by atoms with Crippen LogP contribution in [0, 0.1) is 12.8 Å². The molecule has 1 atom stereocenters. The number of amides is 1. The summed E-state index contributed by atoms with van der Waals surface area (Å²) in [5.41, 5.74) is 2.09. The molecule has 0 spiro atoms. The van der Waals surface area contributed by atoms with Crippen molar-refractivity contribution in [1.82, 2.24) is 5.32 Å². The molecule has 0 aromatic heterocycles. The van der Waals surface area contributed by atoms with Crippen LogP contribution >= 0.6 is 0 Å². The molecule has 1 aromatic carbocycles. The van der Waals surface area contributed by atoms with Crippen molar-refractivity contribution in [3.8, 4) is 0 Å². The normalized spacial score (nSPS) is 16.8. The molecule has 0 saturated heterocycles. The van der Waals surface area contributed by atoms with Crippen LogP contribution < -0.4 is 5.32 Å². The van der Waals surface area contributed by atoms with Gasteiger partial charge in [-0.15, -0.1) is 0 Å². The van der Waals surface area contributed by atoms with Crippen LogP contribution in [0.5, 0.6) is 0 Å². The van der Waals surface area contributed by atoms with E-state index in [1.807, 2.05) is 31.2 Å². The molecule has 1 amide bonds. The molecule has 1 aliphatic rings. The van der Waals surface area contributed by atoms with E-state index in [4.69, 9.17) is 4.74 Å². The zero-order chi connectivity index (χ0) is 17.4. The third-order valence-electron chi connectivity index (χ3n) is 4.44. The molecule has 1 saturated carbocycles. The molecule has 0 heterocycles. The Labute approximate surface area is 144 Å². The third-order valence-corrected chi connectivity index (χ3v) is 4.44. The van der Waals surface area contributed by atoms with Gasteiger partial charge in [-0.25, -0.2) is 4.79 Å². The van der Waals surface area contributed by atoms with Crippen molar-refractivity contribution >= 4 is 18.0 Å². The van der Waals surface area contributed by atoms with Crippen LogP contribution in [0.4, 0.5) is 0 Å². The van der Waals surface area contributed by atoms with Crippen LogP contribution in [0.3, 0.4) is 0 Å². The molecule has 1 aliphatic carbocycles. The number of benzene rings is 1. The van der Waals surface area contributed by atoms with E-state index < -0.39 is 12.1 Å². The van der Waals surface area contributed by atoms with E-state index in [1.165, 1.54) is 38.2 Å². The van der Waals surface area contributed by atoms with Crippen LogP contribution in [-0.4, -0.2) is 24.5 Å². The third kappa shape index (κ3) is 6.19. The lowest BCUT2D eigenvalue weighted by Crippen LogP contribution is -2.38. The Hall–Kier alpha value is -2.10. The molecule has 0 aliphatic heterocycles. The van der Waals surface area contributed by atoms with Crippen LogP contribution in [-0.2, 0) is 14.3 Å². The molecular formula is C20H27NO3. The maximum absolute atomic E-state index is 12.0. The van der Waals surface area contributed by atoms with Crippen molar-refractivity contribution in [3.63, 3.8) is 0 Å². The lowest BCUT2D eigenvalue weighted by atomic mass is 9.89.